The Balaban J connectivity index is 0.959. The summed E-state index contributed by atoms with van der Waals surface area (Å²) < 4.78 is 0. The minimum absolute atomic E-state index is 0.0982. The number of benzene rings is 2. The Morgan fingerprint density at radius 2 is 1.65 bits per heavy atom. The van der Waals surface area contributed by atoms with Gasteiger partial charge in [-0.15, -0.1) is 0 Å². The molecule has 0 aromatic heterocycles. The highest BCUT2D eigenvalue weighted by Gasteiger charge is 2.46. The maximum absolute atomic E-state index is 13.5. The molecule has 4 aliphatic rings. The number of fused-ring (bicyclic) bond motifs is 1. The Labute approximate surface area is 269 Å². The van der Waals surface area contributed by atoms with Gasteiger partial charge in [-0.05, 0) is 49.2 Å². The van der Waals surface area contributed by atoms with Crippen LogP contribution in [-0.2, 0) is 9.59 Å². The maximum atomic E-state index is 13.5. The number of nitrogens with zero attached hydrogens (tertiary/aromatic N) is 4. The Morgan fingerprint density at radius 1 is 0.891 bits per heavy atom. The van der Waals surface area contributed by atoms with Gasteiger partial charge in [-0.25, -0.2) is 5.43 Å². The quantitative estimate of drug-likeness (QED) is 0.184. The van der Waals surface area contributed by atoms with Crippen LogP contribution in [0.4, 0.5) is 11.4 Å². The first kappa shape index (κ1) is 31.7. The molecule has 3 N–H and O–H groups in total. The summed E-state index contributed by atoms with van der Waals surface area (Å²) >= 11 is 0. The summed E-state index contributed by atoms with van der Waals surface area (Å²) in [5, 5.41) is 2.25. The summed E-state index contributed by atoms with van der Waals surface area (Å²) in [5.41, 5.74) is 8.95. The van der Waals surface area contributed by atoms with Gasteiger partial charge in [0.15, 0.2) is 0 Å². The van der Waals surface area contributed by atoms with Gasteiger partial charge < -0.3 is 9.80 Å². The second-order valence-corrected chi connectivity index (χ2v) is 12.7. The fourth-order valence-corrected chi connectivity index (χ4v) is 6.88. The van der Waals surface area contributed by atoms with Gasteiger partial charge in [0, 0.05) is 75.9 Å². The Kier molecular flexibility index (Phi) is 9.64. The van der Waals surface area contributed by atoms with Gasteiger partial charge in [-0.1, -0.05) is 32.3 Å². The first-order valence-electron chi connectivity index (χ1n) is 16.5. The normalized spacial score (nSPS) is 20.5. The summed E-state index contributed by atoms with van der Waals surface area (Å²) in [6.45, 7) is 9.16. The number of hydrazine groups is 1. The molecule has 6 rings (SSSR count). The smallest absolute Gasteiger partial charge is 0.265 e. The number of hydrogen-bond donors (Lipinski definition) is 3. The number of carbonyl (C=O) groups is 5. The molecule has 0 aliphatic carbocycles. The van der Waals surface area contributed by atoms with Crippen LogP contribution in [0.5, 0.6) is 0 Å². The van der Waals surface area contributed by atoms with Gasteiger partial charge in [0.2, 0.25) is 11.8 Å². The van der Waals surface area contributed by atoms with Crippen molar-refractivity contribution in [1.29, 1.82) is 0 Å². The number of piperidine rings is 1. The van der Waals surface area contributed by atoms with Crippen molar-refractivity contribution in [2.24, 2.45) is 5.92 Å². The highest BCUT2D eigenvalue weighted by Crippen LogP contribution is 2.37. The Morgan fingerprint density at radius 3 is 2.37 bits per heavy atom. The van der Waals surface area contributed by atoms with Gasteiger partial charge >= 0.3 is 0 Å². The van der Waals surface area contributed by atoms with Crippen LogP contribution in [-0.4, -0.2) is 97.7 Å². The van der Waals surface area contributed by atoms with E-state index in [2.05, 4.69) is 37.8 Å². The largest absolute Gasteiger partial charge is 0.370 e. The molecule has 2 aromatic rings. The number of rotatable bonds is 12. The van der Waals surface area contributed by atoms with Gasteiger partial charge in [0.1, 0.15) is 6.04 Å². The molecule has 12 nitrogen and oxygen atoms in total. The van der Waals surface area contributed by atoms with E-state index < -0.39 is 23.8 Å². The van der Waals surface area contributed by atoms with Crippen LogP contribution in [0.15, 0.2) is 42.5 Å². The summed E-state index contributed by atoms with van der Waals surface area (Å²) in [7, 11) is 0. The third kappa shape index (κ3) is 6.63. The van der Waals surface area contributed by atoms with Crippen LogP contribution in [0, 0.1) is 5.92 Å². The van der Waals surface area contributed by atoms with Crippen LogP contribution in [0.2, 0.25) is 0 Å². The number of anilines is 2. The summed E-state index contributed by atoms with van der Waals surface area (Å²) in [4.78, 5) is 71.1. The van der Waals surface area contributed by atoms with Crippen molar-refractivity contribution >= 4 is 40.9 Å². The summed E-state index contributed by atoms with van der Waals surface area (Å²) in [5.74, 6) is -1.61. The molecular formula is C34H43N7O5. The van der Waals surface area contributed by atoms with Crippen molar-refractivity contribution in [3.8, 4) is 0 Å². The zero-order valence-corrected chi connectivity index (χ0v) is 26.4. The predicted molar refractivity (Wildman–Crippen MR) is 174 cm³/mol. The summed E-state index contributed by atoms with van der Waals surface area (Å²) in [6.07, 6.45) is 4.85. The predicted octanol–water partition coefficient (Wildman–Crippen LogP) is 2.16. The molecule has 1 unspecified atom stereocenters. The number of hydrogen-bond acceptors (Lipinski definition) is 9. The Bertz CT molecular complexity index is 1480. The fraction of sp³-hybridized carbons (Fsp3) is 0.500. The van der Waals surface area contributed by atoms with Gasteiger partial charge in [-0.3, -0.25) is 44.5 Å². The topological polar surface area (TPSA) is 134 Å². The van der Waals surface area contributed by atoms with Crippen molar-refractivity contribution in [3.63, 3.8) is 0 Å². The highest BCUT2D eigenvalue weighted by molar-refractivity contribution is 6.25. The molecule has 5 amide bonds. The van der Waals surface area contributed by atoms with E-state index in [0.29, 0.717) is 22.6 Å². The standard InChI is InChI=1S/C34H43N7O5/c1-2-3-4-5-15-35-37-31(43)24-9-11-25(12-10-24)39-18-16-38(17-19-39)20-23-21-40(22-23)27-8-6-7-26-30(27)34(46)41(33(26)45)28-13-14-29(42)36-32(28)44/h6-12,23,28,35H,2-5,13-22H2,1H3,(H,37,43)(H,36,42,44). The van der Waals surface area contributed by atoms with Crippen LogP contribution >= 0.6 is 0 Å². The molecule has 46 heavy (non-hydrogen) atoms. The second kappa shape index (κ2) is 14.0. The molecule has 1 atom stereocenters. The van der Waals surface area contributed by atoms with E-state index in [4.69, 9.17) is 0 Å². The third-order valence-corrected chi connectivity index (χ3v) is 9.48. The van der Waals surface area contributed by atoms with Gasteiger partial charge in [-0.2, -0.15) is 0 Å². The minimum atomic E-state index is -0.967. The van der Waals surface area contributed by atoms with Gasteiger partial charge in [0.25, 0.3) is 17.7 Å². The lowest BCUT2D eigenvalue weighted by molar-refractivity contribution is -0.136. The van der Waals surface area contributed by atoms with Crippen molar-refractivity contribution in [3.05, 3.63) is 59.2 Å². The SMILES string of the molecule is CCCCCCNNC(=O)c1ccc(N2CCN(CC3CN(c4cccc5c4C(=O)N(C4CCC(=O)NC4=O)C5=O)C3)CC2)cc1. The molecule has 244 valence electrons. The monoisotopic (exact) mass is 629 g/mol. The lowest BCUT2D eigenvalue weighted by atomic mass is 9.95. The summed E-state index contributed by atoms with van der Waals surface area (Å²) in [6, 6.07) is 12.1. The van der Waals surface area contributed by atoms with Crippen LogP contribution < -0.4 is 26.0 Å². The lowest BCUT2D eigenvalue weighted by Gasteiger charge is -2.45. The second-order valence-electron chi connectivity index (χ2n) is 12.7. The van der Waals surface area contributed by atoms with Gasteiger partial charge in [0.05, 0.1) is 16.8 Å². The molecular weight excluding hydrogens is 586 g/mol. The number of amides is 5. The van der Waals surface area contributed by atoms with E-state index in [1.807, 2.05) is 30.3 Å². The molecule has 0 bridgehead atoms. The molecule has 4 heterocycles. The average Bonchev–Trinajstić information content (AvgIpc) is 3.30. The molecule has 3 fully saturated rings. The van der Waals surface area contributed by atoms with E-state index in [-0.39, 0.29) is 24.7 Å². The van der Waals surface area contributed by atoms with E-state index >= 15 is 0 Å². The lowest BCUT2D eigenvalue weighted by Crippen LogP contribution is -2.55. The molecule has 4 aliphatic heterocycles. The number of unbranched alkanes of at least 4 members (excludes halogenated alkanes) is 3. The molecule has 2 aromatic carbocycles. The van der Waals surface area contributed by atoms with Crippen LogP contribution in [0.25, 0.3) is 0 Å². The van der Waals surface area contributed by atoms with Crippen LogP contribution in [0.3, 0.4) is 0 Å². The first-order valence-corrected chi connectivity index (χ1v) is 16.5. The molecule has 3 saturated heterocycles. The van der Waals surface area contributed by atoms with Crippen molar-refractivity contribution in [2.45, 2.75) is 51.5 Å². The van der Waals surface area contributed by atoms with Crippen LogP contribution in [0.1, 0.15) is 76.5 Å². The average molecular weight is 630 g/mol. The van der Waals surface area contributed by atoms with Crippen molar-refractivity contribution < 1.29 is 24.0 Å². The maximum Gasteiger partial charge on any atom is 0.265 e. The van der Waals surface area contributed by atoms with E-state index in [9.17, 15) is 24.0 Å². The molecule has 0 radical (unpaired) electrons. The number of carbonyl (C=O) groups excluding carboxylic acids is 5. The van der Waals surface area contributed by atoms with E-state index in [1.54, 1.807) is 12.1 Å². The van der Waals surface area contributed by atoms with E-state index in [0.717, 1.165) is 81.5 Å². The number of piperazine rings is 1. The van der Waals surface area contributed by atoms with Crippen molar-refractivity contribution in [2.75, 3.05) is 62.2 Å². The first-order chi connectivity index (χ1) is 22.3. The number of imide groups is 2. The van der Waals surface area contributed by atoms with E-state index in [1.165, 1.54) is 12.8 Å². The highest BCUT2D eigenvalue weighted by atomic mass is 16.2. The van der Waals surface area contributed by atoms with Crippen molar-refractivity contribution in [1.82, 2.24) is 26.0 Å². The molecule has 0 saturated carbocycles. The number of nitrogens with one attached hydrogen (secondary N) is 3. The molecule has 12 heteroatoms. The zero-order valence-electron chi connectivity index (χ0n) is 26.4. The third-order valence-electron chi connectivity index (χ3n) is 9.48. The minimum Gasteiger partial charge on any atom is -0.370 e. The fourth-order valence-electron chi connectivity index (χ4n) is 6.88. The zero-order chi connectivity index (χ0) is 32.2. The Hall–Kier alpha value is -4.29. The molecule has 0 spiro atoms.